The quantitative estimate of drug-likeness (QED) is 0.667. The second-order valence-electron chi connectivity index (χ2n) is 5.62. The number of halogens is 1. The summed E-state index contributed by atoms with van der Waals surface area (Å²) in [6.07, 6.45) is 2.32. The van der Waals surface area contributed by atoms with Crippen molar-refractivity contribution < 1.29 is 14.6 Å². The first-order chi connectivity index (χ1) is 11.5. The van der Waals surface area contributed by atoms with Gasteiger partial charge in [-0.05, 0) is 37.2 Å². The lowest BCUT2D eigenvalue weighted by Crippen LogP contribution is -2.26. The van der Waals surface area contributed by atoms with Crippen LogP contribution in [0.5, 0.6) is 5.75 Å². The molecule has 0 bridgehead atoms. The van der Waals surface area contributed by atoms with Crippen molar-refractivity contribution >= 4 is 40.1 Å². The van der Waals surface area contributed by atoms with Crippen LogP contribution in [0.15, 0.2) is 23.2 Å². The topological polar surface area (TPSA) is 62.1 Å². The second kappa shape index (κ2) is 6.93. The number of aromatic hydroxyl groups is 1. The first-order valence-corrected chi connectivity index (χ1v) is 8.63. The average Bonchev–Trinajstić information content (AvgIpc) is 2.92. The van der Waals surface area contributed by atoms with Gasteiger partial charge in [-0.3, -0.25) is 0 Å². The first kappa shape index (κ1) is 17.0. The van der Waals surface area contributed by atoms with Gasteiger partial charge in [0.15, 0.2) is 0 Å². The molecule has 0 fully saturated rings. The third-order valence-corrected chi connectivity index (χ3v) is 5.29. The highest BCUT2D eigenvalue weighted by molar-refractivity contribution is 7.16. The zero-order valence-corrected chi connectivity index (χ0v) is 14.9. The lowest BCUT2D eigenvalue weighted by molar-refractivity contribution is 0.0600. The van der Waals surface area contributed by atoms with E-state index in [1.807, 2.05) is 7.05 Å². The zero-order chi connectivity index (χ0) is 17.3. The van der Waals surface area contributed by atoms with Crippen LogP contribution in [-0.4, -0.2) is 42.9 Å². The highest BCUT2D eigenvalue weighted by Gasteiger charge is 2.27. The minimum absolute atomic E-state index is 0.0869. The van der Waals surface area contributed by atoms with E-state index < -0.39 is 0 Å². The summed E-state index contributed by atoms with van der Waals surface area (Å²) in [5.74, 6) is -0.289. The number of phenols is 1. The van der Waals surface area contributed by atoms with Gasteiger partial charge in [0, 0.05) is 34.8 Å². The summed E-state index contributed by atoms with van der Waals surface area (Å²) < 4.78 is 4.93. The normalized spacial score (nSPS) is 14.8. The molecule has 1 aliphatic heterocycles. The van der Waals surface area contributed by atoms with Gasteiger partial charge < -0.3 is 14.7 Å². The molecule has 126 valence electrons. The minimum Gasteiger partial charge on any atom is -0.507 e. The molecule has 1 aromatic carbocycles. The number of likely N-dealkylation sites (N-methyl/N-ethyl adjacent to an activating group) is 1. The fraction of sp³-hybridized carbons (Fsp3) is 0.294. The molecule has 5 nitrogen and oxygen atoms in total. The van der Waals surface area contributed by atoms with Crippen LogP contribution in [0, 0.1) is 0 Å². The van der Waals surface area contributed by atoms with Crippen LogP contribution in [0.2, 0.25) is 5.02 Å². The van der Waals surface area contributed by atoms with Crippen LogP contribution < -0.4 is 0 Å². The molecule has 0 saturated carbocycles. The number of hydrogen-bond acceptors (Lipinski definition) is 6. The molecular formula is C17H17ClN2O3S. The summed E-state index contributed by atoms with van der Waals surface area (Å²) in [5.41, 5.74) is 2.05. The van der Waals surface area contributed by atoms with Gasteiger partial charge in [-0.15, -0.1) is 11.3 Å². The lowest BCUT2D eigenvalue weighted by Gasteiger charge is -2.22. The second-order valence-corrected chi connectivity index (χ2v) is 7.14. The molecule has 0 atom stereocenters. The van der Waals surface area contributed by atoms with Gasteiger partial charge in [-0.25, -0.2) is 9.79 Å². The number of benzene rings is 1. The number of carbonyl (C=O) groups is 1. The number of methoxy groups -OCH3 is 1. The van der Waals surface area contributed by atoms with Crippen LogP contribution in [0.4, 0.5) is 5.00 Å². The fourth-order valence-corrected chi connectivity index (χ4v) is 4.12. The van der Waals surface area contributed by atoms with Crippen LogP contribution in [0.1, 0.15) is 26.4 Å². The third-order valence-electron chi connectivity index (χ3n) is 3.93. The summed E-state index contributed by atoms with van der Waals surface area (Å²) in [4.78, 5) is 20.0. The number of thiophene rings is 1. The predicted molar refractivity (Wildman–Crippen MR) is 96.1 cm³/mol. The Labute approximate surface area is 149 Å². The van der Waals surface area contributed by atoms with E-state index in [9.17, 15) is 9.90 Å². The Balaban J connectivity index is 2.02. The van der Waals surface area contributed by atoms with Gasteiger partial charge in [-0.2, -0.15) is 0 Å². The summed E-state index contributed by atoms with van der Waals surface area (Å²) in [6, 6.07) is 4.74. The summed E-state index contributed by atoms with van der Waals surface area (Å²) in [7, 11) is 3.42. The number of phenolic OH excluding ortho intramolecular Hbond substituents is 1. The maximum atomic E-state index is 12.2. The van der Waals surface area contributed by atoms with Gasteiger partial charge in [0.25, 0.3) is 0 Å². The van der Waals surface area contributed by atoms with Crippen molar-refractivity contribution in [1.82, 2.24) is 4.90 Å². The van der Waals surface area contributed by atoms with E-state index in [2.05, 4.69) is 9.89 Å². The number of ether oxygens (including phenoxy) is 1. The van der Waals surface area contributed by atoms with E-state index >= 15 is 0 Å². The van der Waals surface area contributed by atoms with Crippen molar-refractivity contribution in [3.8, 4) is 5.75 Å². The molecule has 1 aliphatic rings. The fourth-order valence-electron chi connectivity index (χ4n) is 2.68. The van der Waals surface area contributed by atoms with Crippen molar-refractivity contribution in [2.24, 2.45) is 4.99 Å². The summed E-state index contributed by atoms with van der Waals surface area (Å²) >= 11 is 7.44. The van der Waals surface area contributed by atoms with E-state index in [0.29, 0.717) is 21.2 Å². The van der Waals surface area contributed by atoms with Crippen molar-refractivity contribution in [1.29, 1.82) is 0 Å². The number of carbonyl (C=O) groups excluding carboxylic acids is 1. The van der Waals surface area contributed by atoms with Crippen molar-refractivity contribution in [3.05, 3.63) is 44.8 Å². The molecule has 24 heavy (non-hydrogen) atoms. The van der Waals surface area contributed by atoms with Crippen molar-refractivity contribution in [2.75, 3.05) is 20.7 Å². The van der Waals surface area contributed by atoms with E-state index in [4.69, 9.17) is 16.3 Å². The number of rotatable bonds is 3. The standard InChI is InChI=1S/C17H17ClN2O3S/c1-20-6-5-12-14(9-20)24-16(15(12)17(22)23-2)19-8-10-7-11(18)3-4-13(10)21/h3-4,7-8,21H,5-6,9H2,1-2H3/b19-8+. The summed E-state index contributed by atoms with van der Waals surface area (Å²) in [5, 5.41) is 11.0. The Bertz CT molecular complexity index is 816. The van der Waals surface area contributed by atoms with E-state index in [0.717, 1.165) is 30.0 Å². The number of nitrogens with zero attached hydrogens (tertiary/aromatic N) is 2. The highest BCUT2D eigenvalue weighted by atomic mass is 35.5. The molecule has 0 aliphatic carbocycles. The monoisotopic (exact) mass is 364 g/mol. The number of aliphatic imine (C=N–C) groups is 1. The minimum atomic E-state index is -0.375. The molecule has 2 heterocycles. The van der Waals surface area contributed by atoms with Crippen LogP contribution in [-0.2, 0) is 17.7 Å². The Morgan fingerprint density at radius 2 is 2.29 bits per heavy atom. The van der Waals surface area contributed by atoms with Crippen LogP contribution >= 0.6 is 22.9 Å². The Hall–Kier alpha value is -1.89. The number of esters is 1. The first-order valence-electron chi connectivity index (χ1n) is 7.43. The van der Waals surface area contributed by atoms with Crippen molar-refractivity contribution in [3.63, 3.8) is 0 Å². The predicted octanol–water partition coefficient (Wildman–Crippen LogP) is 3.63. The smallest absolute Gasteiger partial charge is 0.341 e. The molecule has 0 radical (unpaired) electrons. The zero-order valence-electron chi connectivity index (χ0n) is 13.4. The van der Waals surface area contributed by atoms with Gasteiger partial charge in [-0.1, -0.05) is 11.6 Å². The van der Waals surface area contributed by atoms with E-state index in [-0.39, 0.29) is 11.7 Å². The van der Waals surface area contributed by atoms with E-state index in [1.54, 1.807) is 12.1 Å². The average molecular weight is 365 g/mol. The highest BCUT2D eigenvalue weighted by Crippen LogP contribution is 2.39. The van der Waals surface area contributed by atoms with Gasteiger partial charge in [0.2, 0.25) is 0 Å². The molecular weight excluding hydrogens is 348 g/mol. The Morgan fingerprint density at radius 1 is 1.50 bits per heavy atom. The Kier molecular flexibility index (Phi) is 4.89. The molecule has 0 spiro atoms. The SMILES string of the molecule is COC(=O)c1c(/N=C/c2cc(Cl)ccc2O)sc2c1CCN(C)C2. The maximum Gasteiger partial charge on any atom is 0.341 e. The Morgan fingerprint density at radius 3 is 3.04 bits per heavy atom. The lowest BCUT2D eigenvalue weighted by atomic mass is 10.0. The van der Waals surface area contributed by atoms with Crippen molar-refractivity contribution in [2.45, 2.75) is 13.0 Å². The van der Waals surface area contributed by atoms with Gasteiger partial charge in [0.05, 0.1) is 12.7 Å². The molecule has 3 rings (SSSR count). The number of hydrogen-bond donors (Lipinski definition) is 1. The molecule has 1 N–H and O–H groups in total. The van der Waals surface area contributed by atoms with Crippen LogP contribution in [0.3, 0.4) is 0 Å². The molecule has 0 unspecified atom stereocenters. The maximum absolute atomic E-state index is 12.2. The summed E-state index contributed by atoms with van der Waals surface area (Å²) in [6.45, 7) is 1.69. The number of fused-ring (bicyclic) bond motifs is 1. The van der Waals surface area contributed by atoms with Crippen LogP contribution in [0.25, 0.3) is 0 Å². The van der Waals surface area contributed by atoms with E-state index in [1.165, 1.54) is 30.7 Å². The van der Waals surface area contributed by atoms with Gasteiger partial charge >= 0.3 is 5.97 Å². The largest absolute Gasteiger partial charge is 0.507 e. The molecule has 2 aromatic rings. The molecule has 1 aromatic heterocycles. The molecule has 7 heteroatoms. The van der Waals surface area contributed by atoms with Gasteiger partial charge in [0.1, 0.15) is 10.8 Å². The third kappa shape index (κ3) is 3.31. The molecule has 0 saturated heterocycles. The molecule has 0 amide bonds.